The van der Waals surface area contributed by atoms with Gasteiger partial charge in [0.05, 0.1) is 5.69 Å². The average Bonchev–Trinajstić information content (AvgIpc) is 2.55. The molecule has 2 aromatic carbocycles. The summed E-state index contributed by atoms with van der Waals surface area (Å²) in [5, 5.41) is 10.5. The first kappa shape index (κ1) is 12.1. The van der Waals surface area contributed by atoms with E-state index in [4.69, 9.17) is 4.74 Å². The number of nitrogens with zero attached hydrogens (tertiary/aromatic N) is 1. The minimum absolute atomic E-state index is 0.662. The van der Waals surface area contributed by atoms with Crippen LogP contribution in [0.15, 0.2) is 66.9 Å². The molecule has 0 aliphatic carbocycles. The number of ether oxygens (including phenoxy) is 1. The molecule has 1 N–H and O–H groups in total. The van der Waals surface area contributed by atoms with Gasteiger partial charge in [-0.3, -0.25) is 4.98 Å². The summed E-state index contributed by atoms with van der Waals surface area (Å²) in [4.78, 5) is 4.45. The predicted octanol–water partition coefficient (Wildman–Crippen LogP) is 3.94. The van der Waals surface area contributed by atoms with E-state index in [-0.39, 0.29) is 0 Å². The number of aliphatic hydroxyl groups excluding tert-OH is 1. The van der Waals surface area contributed by atoms with E-state index in [1.807, 2.05) is 60.7 Å². The Morgan fingerprint density at radius 2 is 1.62 bits per heavy atom. The standard InChI is InChI=1S/C18H13NO2/c20-18-13-8-4-5-9-16(13)21-17-10-15(19-11-14(17)18)12-6-2-1-3-7-12/h1-11,18,20H. The van der Waals surface area contributed by atoms with Crippen molar-refractivity contribution in [3.05, 3.63) is 78.0 Å². The Labute approximate surface area is 122 Å². The normalized spacial score (nSPS) is 15.8. The number of hydrogen-bond acceptors (Lipinski definition) is 3. The van der Waals surface area contributed by atoms with Crippen LogP contribution in [-0.4, -0.2) is 10.1 Å². The Hall–Kier alpha value is -2.65. The maximum absolute atomic E-state index is 10.5. The maximum atomic E-state index is 10.5. The summed E-state index contributed by atoms with van der Waals surface area (Å²) in [6, 6.07) is 19.3. The number of pyridine rings is 1. The van der Waals surface area contributed by atoms with Crippen LogP contribution in [0.25, 0.3) is 11.3 Å². The zero-order valence-corrected chi connectivity index (χ0v) is 11.2. The van der Waals surface area contributed by atoms with Crippen molar-refractivity contribution in [1.82, 2.24) is 4.98 Å². The van der Waals surface area contributed by atoms with E-state index in [1.54, 1.807) is 6.20 Å². The second-order valence-electron chi connectivity index (χ2n) is 5.02. The van der Waals surface area contributed by atoms with Crippen LogP contribution >= 0.6 is 0 Å². The van der Waals surface area contributed by atoms with E-state index in [2.05, 4.69) is 4.98 Å². The second kappa shape index (κ2) is 4.72. The Morgan fingerprint density at radius 1 is 0.857 bits per heavy atom. The average molecular weight is 275 g/mol. The highest BCUT2D eigenvalue weighted by atomic mass is 16.5. The number of rotatable bonds is 1. The van der Waals surface area contributed by atoms with Crippen molar-refractivity contribution in [3.8, 4) is 22.8 Å². The van der Waals surface area contributed by atoms with E-state index in [1.165, 1.54) is 0 Å². The van der Waals surface area contributed by atoms with Gasteiger partial charge in [0, 0.05) is 29.0 Å². The smallest absolute Gasteiger partial charge is 0.137 e. The van der Waals surface area contributed by atoms with Crippen molar-refractivity contribution in [2.45, 2.75) is 6.10 Å². The molecule has 4 rings (SSSR count). The van der Waals surface area contributed by atoms with Crippen LogP contribution in [0.5, 0.6) is 11.5 Å². The lowest BCUT2D eigenvalue weighted by Gasteiger charge is -2.24. The van der Waals surface area contributed by atoms with E-state index in [0.29, 0.717) is 17.1 Å². The molecule has 0 saturated heterocycles. The molecule has 3 heteroatoms. The molecule has 102 valence electrons. The molecule has 1 aromatic heterocycles. The molecule has 0 saturated carbocycles. The van der Waals surface area contributed by atoms with Gasteiger partial charge in [0.1, 0.15) is 17.6 Å². The number of aromatic nitrogens is 1. The summed E-state index contributed by atoms with van der Waals surface area (Å²) in [6.07, 6.45) is 1.00. The number of aliphatic hydroxyl groups is 1. The van der Waals surface area contributed by atoms with Crippen LogP contribution < -0.4 is 4.74 Å². The van der Waals surface area contributed by atoms with Crippen molar-refractivity contribution >= 4 is 0 Å². The van der Waals surface area contributed by atoms with Gasteiger partial charge in [-0.1, -0.05) is 48.5 Å². The van der Waals surface area contributed by atoms with E-state index in [9.17, 15) is 5.11 Å². The van der Waals surface area contributed by atoms with E-state index in [0.717, 1.165) is 16.8 Å². The van der Waals surface area contributed by atoms with Crippen LogP contribution in [-0.2, 0) is 0 Å². The second-order valence-corrected chi connectivity index (χ2v) is 5.02. The molecule has 3 aromatic rings. The zero-order valence-electron chi connectivity index (χ0n) is 11.2. The SMILES string of the molecule is OC1c2ccccc2Oc2cc(-c3ccccc3)ncc21. The van der Waals surface area contributed by atoms with Crippen LogP contribution in [0.4, 0.5) is 0 Å². The lowest BCUT2D eigenvalue weighted by molar-refractivity contribution is 0.202. The van der Waals surface area contributed by atoms with Gasteiger partial charge in [-0.05, 0) is 6.07 Å². The van der Waals surface area contributed by atoms with Gasteiger partial charge in [-0.25, -0.2) is 0 Å². The van der Waals surface area contributed by atoms with Gasteiger partial charge in [-0.2, -0.15) is 0 Å². The first-order chi connectivity index (χ1) is 10.3. The molecule has 1 aliphatic heterocycles. The van der Waals surface area contributed by atoms with Crippen LogP contribution in [0.2, 0.25) is 0 Å². The Balaban J connectivity index is 1.81. The number of benzene rings is 2. The molecule has 2 heterocycles. The van der Waals surface area contributed by atoms with Gasteiger partial charge < -0.3 is 9.84 Å². The summed E-state index contributed by atoms with van der Waals surface area (Å²) in [5.41, 5.74) is 3.34. The van der Waals surface area contributed by atoms with Gasteiger partial charge in [0.2, 0.25) is 0 Å². The summed E-state index contributed by atoms with van der Waals surface area (Å²) in [6.45, 7) is 0. The van der Waals surface area contributed by atoms with Crippen LogP contribution in [0.3, 0.4) is 0 Å². The molecule has 0 radical (unpaired) electrons. The van der Waals surface area contributed by atoms with Crippen molar-refractivity contribution in [3.63, 3.8) is 0 Å². The summed E-state index contributed by atoms with van der Waals surface area (Å²) in [5.74, 6) is 1.36. The third-order valence-electron chi connectivity index (χ3n) is 3.69. The van der Waals surface area contributed by atoms with Gasteiger partial charge >= 0.3 is 0 Å². The largest absolute Gasteiger partial charge is 0.456 e. The minimum Gasteiger partial charge on any atom is -0.456 e. The van der Waals surface area contributed by atoms with Gasteiger partial charge in [-0.15, -0.1) is 0 Å². The highest BCUT2D eigenvalue weighted by molar-refractivity contribution is 5.63. The Bertz CT molecular complexity index is 799. The number of hydrogen-bond donors (Lipinski definition) is 1. The van der Waals surface area contributed by atoms with Crippen LogP contribution in [0, 0.1) is 0 Å². The predicted molar refractivity (Wildman–Crippen MR) is 80.3 cm³/mol. The summed E-state index contributed by atoms with van der Waals surface area (Å²) in [7, 11) is 0. The molecule has 0 amide bonds. The van der Waals surface area contributed by atoms with Crippen molar-refractivity contribution in [2.75, 3.05) is 0 Å². The summed E-state index contributed by atoms with van der Waals surface area (Å²) < 4.78 is 5.91. The fourth-order valence-corrected chi connectivity index (χ4v) is 2.59. The molecule has 0 fully saturated rings. The fraction of sp³-hybridized carbons (Fsp3) is 0.0556. The van der Waals surface area contributed by atoms with Crippen LogP contribution in [0.1, 0.15) is 17.2 Å². The number of fused-ring (bicyclic) bond motifs is 2. The monoisotopic (exact) mass is 275 g/mol. The molecular weight excluding hydrogens is 262 g/mol. The molecular formula is C18H13NO2. The minimum atomic E-state index is -0.692. The zero-order chi connectivity index (χ0) is 14.2. The number of para-hydroxylation sites is 1. The fourth-order valence-electron chi connectivity index (χ4n) is 2.59. The highest BCUT2D eigenvalue weighted by Crippen LogP contribution is 2.43. The van der Waals surface area contributed by atoms with Crippen molar-refractivity contribution in [1.29, 1.82) is 0 Å². The third kappa shape index (κ3) is 1.99. The molecule has 0 spiro atoms. The Morgan fingerprint density at radius 3 is 2.48 bits per heavy atom. The van der Waals surface area contributed by atoms with Crippen molar-refractivity contribution < 1.29 is 9.84 Å². The topological polar surface area (TPSA) is 42.4 Å². The first-order valence-corrected chi connectivity index (χ1v) is 6.83. The molecule has 3 nitrogen and oxygen atoms in total. The molecule has 1 unspecified atom stereocenters. The van der Waals surface area contributed by atoms with E-state index < -0.39 is 6.10 Å². The lowest BCUT2D eigenvalue weighted by Crippen LogP contribution is -2.10. The molecule has 0 bridgehead atoms. The third-order valence-corrected chi connectivity index (χ3v) is 3.69. The van der Waals surface area contributed by atoms with Gasteiger partial charge in [0.15, 0.2) is 0 Å². The first-order valence-electron chi connectivity index (χ1n) is 6.83. The summed E-state index contributed by atoms with van der Waals surface area (Å²) >= 11 is 0. The Kier molecular flexibility index (Phi) is 2.72. The van der Waals surface area contributed by atoms with Crippen molar-refractivity contribution in [2.24, 2.45) is 0 Å². The van der Waals surface area contributed by atoms with Gasteiger partial charge in [0.25, 0.3) is 0 Å². The highest BCUT2D eigenvalue weighted by Gasteiger charge is 2.25. The molecule has 1 aliphatic rings. The molecule has 21 heavy (non-hydrogen) atoms. The lowest BCUT2D eigenvalue weighted by atomic mass is 9.98. The quantitative estimate of drug-likeness (QED) is 0.731. The molecule has 1 atom stereocenters. The maximum Gasteiger partial charge on any atom is 0.137 e. The van der Waals surface area contributed by atoms with E-state index >= 15 is 0 Å².